The second kappa shape index (κ2) is 7.81. The van der Waals surface area contributed by atoms with Crippen molar-refractivity contribution in [3.05, 3.63) is 29.8 Å². The van der Waals surface area contributed by atoms with Crippen molar-refractivity contribution in [2.75, 3.05) is 17.1 Å². The Morgan fingerprint density at radius 2 is 1.70 bits per heavy atom. The summed E-state index contributed by atoms with van der Waals surface area (Å²) in [7, 11) is -3.30. The molecule has 23 heavy (non-hydrogen) atoms. The molecule has 0 aromatic heterocycles. The maximum Gasteiger partial charge on any atom is 0.251 e. The Hall–Kier alpha value is -1.56. The first kappa shape index (κ1) is 17.8. The summed E-state index contributed by atoms with van der Waals surface area (Å²) in [6, 6.07) is 7.01. The van der Waals surface area contributed by atoms with E-state index in [1.807, 2.05) is 0 Å². The molecule has 2 rings (SSSR count). The Balaban J connectivity index is 2.05. The molecule has 0 saturated heterocycles. The van der Waals surface area contributed by atoms with E-state index >= 15 is 0 Å². The van der Waals surface area contributed by atoms with Crippen LogP contribution in [0.25, 0.3) is 0 Å². The van der Waals surface area contributed by atoms with Gasteiger partial charge in [-0.25, -0.2) is 8.42 Å². The third-order valence-electron chi connectivity index (χ3n) is 4.30. The summed E-state index contributed by atoms with van der Waals surface area (Å²) >= 11 is 0. The molecule has 1 N–H and O–H groups in total. The number of nitrogens with zero attached hydrogens (tertiary/aromatic N) is 1. The summed E-state index contributed by atoms with van der Waals surface area (Å²) in [5.74, 6) is -0.0779. The van der Waals surface area contributed by atoms with E-state index in [0.29, 0.717) is 17.8 Å². The number of hydrogen-bond donors (Lipinski definition) is 1. The van der Waals surface area contributed by atoms with Gasteiger partial charge in [-0.1, -0.05) is 25.7 Å². The van der Waals surface area contributed by atoms with Crippen molar-refractivity contribution >= 4 is 21.6 Å². The Morgan fingerprint density at radius 1 is 1.13 bits per heavy atom. The van der Waals surface area contributed by atoms with E-state index < -0.39 is 10.0 Å². The first-order valence-electron chi connectivity index (χ1n) is 8.30. The fourth-order valence-corrected chi connectivity index (χ4v) is 4.05. The number of hydrogen-bond acceptors (Lipinski definition) is 3. The van der Waals surface area contributed by atoms with Gasteiger partial charge in [0.25, 0.3) is 5.91 Å². The third-order valence-corrected chi connectivity index (χ3v) is 5.57. The summed E-state index contributed by atoms with van der Waals surface area (Å²) < 4.78 is 24.8. The summed E-state index contributed by atoms with van der Waals surface area (Å²) in [6.07, 6.45) is 8.11. The monoisotopic (exact) mass is 338 g/mol. The van der Waals surface area contributed by atoms with Gasteiger partial charge in [0, 0.05) is 18.2 Å². The molecule has 1 aliphatic rings. The number of benzene rings is 1. The minimum atomic E-state index is -3.30. The van der Waals surface area contributed by atoms with Crippen LogP contribution >= 0.6 is 0 Å². The van der Waals surface area contributed by atoms with Crippen molar-refractivity contribution in [2.45, 2.75) is 51.5 Å². The number of carbonyl (C=O) groups excluding carboxylic acids is 1. The van der Waals surface area contributed by atoms with Crippen LogP contribution in [-0.4, -0.2) is 33.2 Å². The summed E-state index contributed by atoms with van der Waals surface area (Å²) in [4.78, 5) is 12.3. The van der Waals surface area contributed by atoms with Crippen molar-refractivity contribution in [2.24, 2.45) is 0 Å². The van der Waals surface area contributed by atoms with Gasteiger partial charge >= 0.3 is 0 Å². The Kier molecular flexibility index (Phi) is 6.04. The van der Waals surface area contributed by atoms with Crippen LogP contribution in [0.4, 0.5) is 5.69 Å². The minimum Gasteiger partial charge on any atom is -0.349 e. The SMILES string of the molecule is CCN(c1ccc(C(=O)NC2CCCCCC2)cc1)S(C)(=O)=O. The smallest absolute Gasteiger partial charge is 0.251 e. The average molecular weight is 338 g/mol. The Bertz CT molecular complexity index is 618. The molecule has 1 aromatic carbocycles. The quantitative estimate of drug-likeness (QED) is 0.840. The molecule has 1 aromatic rings. The van der Waals surface area contributed by atoms with E-state index in [9.17, 15) is 13.2 Å². The molecule has 1 amide bonds. The van der Waals surface area contributed by atoms with Gasteiger partial charge < -0.3 is 5.32 Å². The van der Waals surface area contributed by atoms with Crippen LogP contribution in [0.2, 0.25) is 0 Å². The van der Waals surface area contributed by atoms with Crippen LogP contribution in [0.5, 0.6) is 0 Å². The van der Waals surface area contributed by atoms with Crippen molar-refractivity contribution in [1.29, 1.82) is 0 Å². The molecule has 0 unspecified atom stereocenters. The maximum atomic E-state index is 12.3. The van der Waals surface area contributed by atoms with Crippen molar-refractivity contribution in [3.63, 3.8) is 0 Å². The molecule has 1 aliphatic carbocycles. The Morgan fingerprint density at radius 3 is 2.17 bits per heavy atom. The van der Waals surface area contributed by atoms with E-state index in [1.54, 1.807) is 31.2 Å². The first-order chi connectivity index (χ1) is 10.9. The lowest BCUT2D eigenvalue weighted by Gasteiger charge is -2.21. The molecular formula is C17H26N2O3S. The summed E-state index contributed by atoms with van der Waals surface area (Å²) in [5.41, 5.74) is 1.16. The second-order valence-electron chi connectivity index (χ2n) is 6.14. The van der Waals surface area contributed by atoms with E-state index in [4.69, 9.17) is 0 Å². The van der Waals surface area contributed by atoms with Gasteiger partial charge in [-0.2, -0.15) is 0 Å². The van der Waals surface area contributed by atoms with Gasteiger partial charge in [-0.3, -0.25) is 9.10 Å². The van der Waals surface area contributed by atoms with E-state index in [-0.39, 0.29) is 11.9 Å². The second-order valence-corrected chi connectivity index (χ2v) is 8.04. The van der Waals surface area contributed by atoms with Gasteiger partial charge in [0.1, 0.15) is 0 Å². The van der Waals surface area contributed by atoms with Gasteiger partial charge in [0.15, 0.2) is 0 Å². The Labute approximate surface area is 139 Å². The van der Waals surface area contributed by atoms with Crippen LogP contribution in [0.3, 0.4) is 0 Å². The lowest BCUT2D eigenvalue weighted by Crippen LogP contribution is -2.34. The zero-order valence-electron chi connectivity index (χ0n) is 13.9. The number of carbonyl (C=O) groups is 1. The van der Waals surface area contributed by atoms with Crippen LogP contribution in [0.15, 0.2) is 24.3 Å². The number of rotatable bonds is 5. The lowest BCUT2D eigenvalue weighted by molar-refractivity contribution is 0.0933. The fraction of sp³-hybridized carbons (Fsp3) is 0.588. The van der Waals surface area contributed by atoms with Crippen molar-refractivity contribution in [3.8, 4) is 0 Å². The van der Waals surface area contributed by atoms with Crippen LogP contribution in [-0.2, 0) is 10.0 Å². The molecule has 128 valence electrons. The van der Waals surface area contributed by atoms with E-state index in [2.05, 4.69) is 5.32 Å². The third kappa shape index (κ3) is 4.96. The predicted octanol–water partition coefficient (Wildman–Crippen LogP) is 2.93. The number of nitrogens with one attached hydrogen (secondary N) is 1. The maximum absolute atomic E-state index is 12.3. The topological polar surface area (TPSA) is 66.5 Å². The highest BCUT2D eigenvalue weighted by molar-refractivity contribution is 7.92. The molecule has 0 bridgehead atoms. The average Bonchev–Trinajstić information content (AvgIpc) is 2.76. The van der Waals surface area contributed by atoms with Crippen LogP contribution < -0.4 is 9.62 Å². The molecule has 1 fully saturated rings. The van der Waals surface area contributed by atoms with Crippen molar-refractivity contribution < 1.29 is 13.2 Å². The summed E-state index contributed by atoms with van der Waals surface area (Å²) in [5, 5.41) is 3.10. The molecule has 6 heteroatoms. The van der Waals surface area contributed by atoms with Gasteiger partial charge in [-0.05, 0) is 44.0 Å². The molecule has 0 atom stereocenters. The molecule has 1 saturated carbocycles. The molecule has 0 aliphatic heterocycles. The molecule has 0 radical (unpaired) electrons. The first-order valence-corrected chi connectivity index (χ1v) is 10.2. The zero-order valence-corrected chi connectivity index (χ0v) is 14.7. The van der Waals surface area contributed by atoms with Crippen LogP contribution in [0.1, 0.15) is 55.8 Å². The molecule has 0 heterocycles. The highest BCUT2D eigenvalue weighted by Gasteiger charge is 2.18. The standard InChI is InChI=1S/C17H26N2O3S/c1-3-19(23(2,21)22)16-12-10-14(11-13-16)17(20)18-15-8-6-4-5-7-9-15/h10-13,15H,3-9H2,1-2H3,(H,18,20). The number of anilines is 1. The normalized spacial score (nSPS) is 16.6. The van der Waals surface area contributed by atoms with Gasteiger partial charge in [0.2, 0.25) is 10.0 Å². The number of amides is 1. The van der Waals surface area contributed by atoms with Gasteiger partial charge in [0.05, 0.1) is 11.9 Å². The lowest BCUT2D eigenvalue weighted by atomic mass is 10.1. The number of sulfonamides is 1. The predicted molar refractivity (Wildman–Crippen MR) is 93.3 cm³/mol. The minimum absolute atomic E-state index is 0.0779. The molecule has 0 spiro atoms. The largest absolute Gasteiger partial charge is 0.349 e. The highest BCUT2D eigenvalue weighted by atomic mass is 32.2. The fourth-order valence-electron chi connectivity index (χ4n) is 3.08. The zero-order chi connectivity index (χ0) is 16.9. The van der Waals surface area contributed by atoms with E-state index in [0.717, 1.165) is 12.8 Å². The molecule has 5 nitrogen and oxygen atoms in total. The molecular weight excluding hydrogens is 312 g/mol. The van der Waals surface area contributed by atoms with Crippen LogP contribution in [0, 0.1) is 0 Å². The van der Waals surface area contributed by atoms with Gasteiger partial charge in [-0.15, -0.1) is 0 Å². The van der Waals surface area contributed by atoms with Crippen molar-refractivity contribution in [1.82, 2.24) is 5.32 Å². The highest BCUT2D eigenvalue weighted by Crippen LogP contribution is 2.20. The van der Waals surface area contributed by atoms with E-state index in [1.165, 1.54) is 36.2 Å². The summed E-state index contributed by atoms with van der Waals surface area (Å²) in [6.45, 7) is 2.15.